The number of hydrogen-bond acceptors (Lipinski definition) is 4. The summed E-state index contributed by atoms with van der Waals surface area (Å²) in [5, 5.41) is 6.98. The summed E-state index contributed by atoms with van der Waals surface area (Å²) in [4.78, 5) is 6.20. The first-order chi connectivity index (χ1) is 8.16. The zero-order chi connectivity index (χ0) is 12.3. The molecular formula is C12H16N4O. The van der Waals surface area contributed by atoms with Gasteiger partial charge in [-0.2, -0.15) is 4.98 Å². The van der Waals surface area contributed by atoms with Gasteiger partial charge in [0.15, 0.2) is 5.82 Å². The van der Waals surface area contributed by atoms with Crippen LogP contribution in [0.3, 0.4) is 0 Å². The molecule has 0 aliphatic carbocycles. The lowest BCUT2D eigenvalue weighted by molar-refractivity contribution is 0.564. The minimum Gasteiger partial charge on any atom is -0.472 e. The molecule has 0 fully saturated rings. The zero-order valence-corrected chi connectivity index (χ0v) is 10.1. The second-order valence-electron chi connectivity index (χ2n) is 4.11. The van der Waals surface area contributed by atoms with Crippen LogP contribution in [0.15, 0.2) is 29.6 Å². The largest absolute Gasteiger partial charge is 0.472 e. The van der Waals surface area contributed by atoms with Crippen molar-refractivity contribution in [3.8, 4) is 0 Å². The number of anilines is 1. The Balaban J connectivity index is 1.95. The molecule has 0 unspecified atom stereocenters. The van der Waals surface area contributed by atoms with Crippen LogP contribution >= 0.6 is 0 Å². The van der Waals surface area contributed by atoms with Crippen LogP contribution in [-0.4, -0.2) is 29.3 Å². The Kier molecular flexibility index (Phi) is 3.27. The van der Waals surface area contributed by atoms with Crippen molar-refractivity contribution < 1.29 is 4.42 Å². The second-order valence-corrected chi connectivity index (χ2v) is 4.11. The molecule has 0 amide bonds. The maximum atomic E-state index is 5.02. The molecule has 2 aromatic heterocycles. The second kappa shape index (κ2) is 4.86. The Hall–Kier alpha value is -2.04. The third-order valence-corrected chi connectivity index (χ3v) is 2.50. The van der Waals surface area contributed by atoms with Crippen LogP contribution in [0.25, 0.3) is 5.57 Å². The third-order valence-electron chi connectivity index (χ3n) is 2.50. The topological polar surface area (TPSA) is 58.0 Å². The molecule has 0 aromatic carbocycles. The predicted octanol–water partition coefficient (Wildman–Crippen LogP) is 2.11. The number of allylic oxidation sites excluding steroid dienone is 1. The van der Waals surface area contributed by atoms with Crippen molar-refractivity contribution in [2.24, 2.45) is 0 Å². The van der Waals surface area contributed by atoms with E-state index in [1.807, 2.05) is 25.1 Å². The van der Waals surface area contributed by atoms with Crippen LogP contribution in [0.1, 0.15) is 17.8 Å². The van der Waals surface area contributed by atoms with Crippen molar-refractivity contribution in [1.29, 1.82) is 0 Å². The number of nitrogens with zero attached hydrogens (tertiary/aromatic N) is 3. The summed E-state index contributed by atoms with van der Waals surface area (Å²) in [7, 11) is 3.81. The van der Waals surface area contributed by atoms with Crippen LogP contribution in [0, 0.1) is 0 Å². The third kappa shape index (κ3) is 2.75. The van der Waals surface area contributed by atoms with Crippen molar-refractivity contribution in [1.82, 2.24) is 15.2 Å². The van der Waals surface area contributed by atoms with E-state index in [1.54, 1.807) is 12.5 Å². The molecule has 90 valence electrons. The standard InChI is InChI=1S/C12H16N4O/c1-9(4-5-10-6-7-17-8-10)11-13-12(15-14-11)16(2)3/h6-8H,1,4-5H2,2-3H3,(H,13,14,15). The van der Waals surface area contributed by atoms with Crippen molar-refractivity contribution in [2.75, 3.05) is 19.0 Å². The molecule has 0 bridgehead atoms. The number of H-pyrrole nitrogens is 1. The lowest BCUT2D eigenvalue weighted by atomic mass is 10.1. The van der Waals surface area contributed by atoms with Gasteiger partial charge < -0.3 is 9.32 Å². The van der Waals surface area contributed by atoms with Crippen molar-refractivity contribution >= 4 is 11.5 Å². The molecule has 17 heavy (non-hydrogen) atoms. The minimum atomic E-state index is 0.671. The van der Waals surface area contributed by atoms with Crippen LogP contribution in [0.2, 0.25) is 0 Å². The van der Waals surface area contributed by atoms with E-state index in [2.05, 4.69) is 21.8 Å². The van der Waals surface area contributed by atoms with Crippen LogP contribution in [-0.2, 0) is 6.42 Å². The summed E-state index contributed by atoms with van der Waals surface area (Å²) in [6.07, 6.45) is 5.16. The highest BCUT2D eigenvalue weighted by Gasteiger charge is 2.08. The Morgan fingerprint density at radius 2 is 2.35 bits per heavy atom. The van der Waals surface area contributed by atoms with E-state index in [0.29, 0.717) is 5.95 Å². The lowest BCUT2D eigenvalue weighted by Crippen LogP contribution is -2.10. The average Bonchev–Trinajstić information content (AvgIpc) is 2.96. The first-order valence-corrected chi connectivity index (χ1v) is 5.46. The van der Waals surface area contributed by atoms with Gasteiger partial charge in [0, 0.05) is 14.1 Å². The van der Waals surface area contributed by atoms with E-state index in [4.69, 9.17) is 4.42 Å². The fourth-order valence-corrected chi connectivity index (χ4v) is 1.46. The highest BCUT2D eigenvalue weighted by Crippen LogP contribution is 2.17. The number of nitrogens with one attached hydrogen (secondary N) is 1. The monoisotopic (exact) mass is 232 g/mol. The van der Waals surface area contributed by atoms with Gasteiger partial charge in [-0.25, -0.2) is 0 Å². The fourth-order valence-electron chi connectivity index (χ4n) is 1.46. The SMILES string of the molecule is C=C(CCc1ccoc1)c1nc(N(C)C)n[nH]1. The minimum absolute atomic E-state index is 0.671. The lowest BCUT2D eigenvalue weighted by Gasteiger charge is -2.04. The molecule has 0 radical (unpaired) electrons. The van der Waals surface area contributed by atoms with Gasteiger partial charge in [0.25, 0.3) is 0 Å². The summed E-state index contributed by atoms with van der Waals surface area (Å²) in [5.41, 5.74) is 2.12. The van der Waals surface area contributed by atoms with E-state index >= 15 is 0 Å². The number of aromatic amines is 1. The first-order valence-electron chi connectivity index (χ1n) is 5.46. The predicted molar refractivity (Wildman–Crippen MR) is 66.8 cm³/mol. The van der Waals surface area contributed by atoms with Gasteiger partial charge in [-0.15, -0.1) is 5.10 Å². The fraction of sp³-hybridized carbons (Fsp3) is 0.333. The number of aromatic nitrogens is 3. The van der Waals surface area contributed by atoms with Gasteiger partial charge in [0.2, 0.25) is 5.95 Å². The molecule has 0 saturated heterocycles. The molecule has 5 nitrogen and oxygen atoms in total. The Morgan fingerprint density at radius 3 is 2.94 bits per heavy atom. The molecule has 1 N–H and O–H groups in total. The normalized spacial score (nSPS) is 10.5. The van der Waals surface area contributed by atoms with Crippen molar-refractivity contribution in [2.45, 2.75) is 12.8 Å². The molecule has 0 saturated carbocycles. The van der Waals surface area contributed by atoms with E-state index in [9.17, 15) is 0 Å². The summed E-state index contributed by atoms with van der Waals surface area (Å²) in [5.74, 6) is 1.42. The average molecular weight is 232 g/mol. The summed E-state index contributed by atoms with van der Waals surface area (Å²) in [6.45, 7) is 4.01. The number of furan rings is 1. The molecule has 0 aliphatic rings. The zero-order valence-electron chi connectivity index (χ0n) is 10.1. The molecule has 2 aromatic rings. The summed E-state index contributed by atoms with van der Waals surface area (Å²) >= 11 is 0. The maximum Gasteiger partial charge on any atom is 0.244 e. The number of hydrogen-bond donors (Lipinski definition) is 1. The highest BCUT2D eigenvalue weighted by atomic mass is 16.3. The van der Waals surface area contributed by atoms with E-state index in [0.717, 1.165) is 24.2 Å². The molecule has 2 rings (SSSR count). The summed E-state index contributed by atoms with van der Waals surface area (Å²) < 4.78 is 5.02. The molecular weight excluding hydrogens is 216 g/mol. The van der Waals surface area contributed by atoms with E-state index in [-0.39, 0.29) is 0 Å². The van der Waals surface area contributed by atoms with Crippen LogP contribution in [0.5, 0.6) is 0 Å². The van der Waals surface area contributed by atoms with Crippen LogP contribution < -0.4 is 4.90 Å². The molecule has 0 atom stereocenters. The molecule has 5 heteroatoms. The van der Waals surface area contributed by atoms with Gasteiger partial charge in [0.05, 0.1) is 12.5 Å². The van der Waals surface area contributed by atoms with Gasteiger partial charge in [0.1, 0.15) is 0 Å². The van der Waals surface area contributed by atoms with Gasteiger partial charge in [-0.3, -0.25) is 5.10 Å². The number of rotatable bonds is 5. The Labute approximate surface area is 100 Å². The summed E-state index contributed by atoms with van der Waals surface area (Å²) in [6, 6.07) is 1.96. The number of aryl methyl sites for hydroxylation is 1. The molecule has 2 heterocycles. The smallest absolute Gasteiger partial charge is 0.244 e. The molecule has 0 spiro atoms. The first kappa shape index (κ1) is 11.4. The highest BCUT2D eigenvalue weighted by molar-refractivity contribution is 5.58. The Bertz CT molecular complexity index is 484. The van der Waals surface area contributed by atoms with Crippen molar-refractivity contribution in [3.05, 3.63) is 36.6 Å². The van der Waals surface area contributed by atoms with Crippen LogP contribution in [0.4, 0.5) is 5.95 Å². The van der Waals surface area contributed by atoms with Gasteiger partial charge in [-0.05, 0) is 30.0 Å². The van der Waals surface area contributed by atoms with E-state index < -0.39 is 0 Å². The van der Waals surface area contributed by atoms with Gasteiger partial charge >= 0.3 is 0 Å². The quantitative estimate of drug-likeness (QED) is 0.857. The Morgan fingerprint density at radius 1 is 1.53 bits per heavy atom. The van der Waals surface area contributed by atoms with E-state index in [1.165, 1.54) is 5.56 Å². The van der Waals surface area contributed by atoms with Gasteiger partial charge in [-0.1, -0.05) is 6.58 Å². The maximum absolute atomic E-state index is 5.02. The van der Waals surface area contributed by atoms with Crippen molar-refractivity contribution in [3.63, 3.8) is 0 Å². The molecule has 0 aliphatic heterocycles.